The first kappa shape index (κ1) is 19.4. The van der Waals surface area contributed by atoms with E-state index in [4.69, 9.17) is 0 Å². The molecule has 0 atom stereocenters. The summed E-state index contributed by atoms with van der Waals surface area (Å²) >= 11 is 0. The van der Waals surface area contributed by atoms with E-state index in [0.29, 0.717) is 17.7 Å². The van der Waals surface area contributed by atoms with Crippen LogP contribution in [-0.4, -0.2) is 11.8 Å². The minimum Gasteiger partial charge on any atom is -0.348 e. The molecule has 0 radical (unpaired) electrons. The molecule has 0 saturated heterocycles. The Kier molecular flexibility index (Phi) is 5.90. The molecule has 4 nitrogen and oxygen atoms in total. The van der Waals surface area contributed by atoms with E-state index in [1.165, 1.54) is 0 Å². The Morgan fingerprint density at radius 2 is 1.29 bits per heavy atom. The fraction of sp³-hybridized carbons (Fsp3) is 0.167. The van der Waals surface area contributed by atoms with E-state index in [1.54, 1.807) is 24.3 Å². The van der Waals surface area contributed by atoms with Crippen LogP contribution in [-0.2, 0) is 6.54 Å². The van der Waals surface area contributed by atoms with Crippen molar-refractivity contribution in [3.05, 3.63) is 100 Å². The number of nitrogens with one attached hydrogen (secondary N) is 2. The lowest BCUT2D eigenvalue weighted by atomic mass is 10.1. The Morgan fingerprint density at radius 3 is 1.96 bits per heavy atom. The van der Waals surface area contributed by atoms with Crippen molar-refractivity contribution in [3.63, 3.8) is 0 Å². The maximum atomic E-state index is 12.7. The molecule has 0 saturated carbocycles. The average Bonchev–Trinajstić information content (AvgIpc) is 2.70. The van der Waals surface area contributed by atoms with Crippen LogP contribution in [0.5, 0.6) is 0 Å². The molecule has 142 valence electrons. The summed E-state index contributed by atoms with van der Waals surface area (Å²) in [5.41, 5.74) is 5.92. The number of benzene rings is 3. The Hall–Kier alpha value is -3.40. The summed E-state index contributed by atoms with van der Waals surface area (Å²) < 4.78 is 0. The molecule has 0 fully saturated rings. The molecule has 3 aromatic carbocycles. The topological polar surface area (TPSA) is 58.2 Å². The van der Waals surface area contributed by atoms with Crippen LogP contribution >= 0.6 is 0 Å². The maximum Gasteiger partial charge on any atom is 0.255 e. The van der Waals surface area contributed by atoms with Crippen LogP contribution in [0.2, 0.25) is 0 Å². The second-order valence-corrected chi connectivity index (χ2v) is 6.91. The Bertz CT molecular complexity index is 1000. The van der Waals surface area contributed by atoms with Crippen LogP contribution < -0.4 is 10.6 Å². The molecule has 28 heavy (non-hydrogen) atoms. The van der Waals surface area contributed by atoms with Crippen LogP contribution in [0.4, 0.5) is 5.69 Å². The summed E-state index contributed by atoms with van der Waals surface area (Å²) in [6.45, 7) is 6.38. The predicted octanol–water partition coefficient (Wildman–Crippen LogP) is 4.79. The van der Waals surface area contributed by atoms with Crippen molar-refractivity contribution in [1.82, 2.24) is 5.32 Å². The van der Waals surface area contributed by atoms with Gasteiger partial charge in [-0.2, -0.15) is 0 Å². The van der Waals surface area contributed by atoms with Crippen molar-refractivity contribution in [1.29, 1.82) is 0 Å². The van der Waals surface area contributed by atoms with Crippen LogP contribution in [0.1, 0.15) is 43.0 Å². The first-order valence-electron chi connectivity index (χ1n) is 9.26. The highest BCUT2D eigenvalue weighted by molar-refractivity contribution is 6.06. The number of carbonyl (C=O) groups excluding carboxylic acids is 2. The van der Waals surface area contributed by atoms with Gasteiger partial charge in [0.05, 0.1) is 0 Å². The molecule has 0 aliphatic heterocycles. The molecule has 0 spiro atoms. The third-order valence-electron chi connectivity index (χ3n) is 4.81. The Balaban J connectivity index is 1.72. The normalized spacial score (nSPS) is 10.4. The number of hydrogen-bond acceptors (Lipinski definition) is 2. The smallest absolute Gasteiger partial charge is 0.255 e. The lowest BCUT2D eigenvalue weighted by molar-refractivity contribution is 0.0951. The summed E-state index contributed by atoms with van der Waals surface area (Å²) in [5.74, 6) is -0.434. The van der Waals surface area contributed by atoms with E-state index < -0.39 is 0 Å². The lowest BCUT2D eigenvalue weighted by Gasteiger charge is -2.12. The first-order valence-corrected chi connectivity index (χ1v) is 9.26. The largest absolute Gasteiger partial charge is 0.348 e. The summed E-state index contributed by atoms with van der Waals surface area (Å²) in [7, 11) is 0. The molecule has 4 heteroatoms. The highest BCUT2D eigenvalue weighted by Crippen LogP contribution is 2.20. The first-order chi connectivity index (χ1) is 13.5. The minimum absolute atomic E-state index is 0.204. The fourth-order valence-corrected chi connectivity index (χ4v) is 3.08. The van der Waals surface area contributed by atoms with Gasteiger partial charge in [-0.05, 0) is 61.2 Å². The lowest BCUT2D eigenvalue weighted by Crippen LogP contribution is -2.23. The molecular weight excluding hydrogens is 348 g/mol. The summed E-state index contributed by atoms with van der Waals surface area (Å²) in [4.78, 5) is 25.2. The zero-order chi connectivity index (χ0) is 20.1. The van der Waals surface area contributed by atoms with Gasteiger partial charge in [0.25, 0.3) is 11.8 Å². The van der Waals surface area contributed by atoms with Gasteiger partial charge >= 0.3 is 0 Å². The van der Waals surface area contributed by atoms with Gasteiger partial charge in [0.15, 0.2) is 0 Å². The van der Waals surface area contributed by atoms with Crippen molar-refractivity contribution in [3.8, 4) is 0 Å². The van der Waals surface area contributed by atoms with Crippen LogP contribution in [0, 0.1) is 20.8 Å². The minimum atomic E-state index is -0.231. The number of anilines is 1. The third kappa shape index (κ3) is 4.46. The molecule has 0 aromatic heterocycles. The highest BCUT2D eigenvalue weighted by Gasteiger charge is 2.13. The zero-order valence-electron chi connectivity index (χ0n) is 16.4. The van der Waals surface area contributed by atoms with Gasteiger partial charge in [0, 0.05) is 23.4 Å². The Morgan fingerprint density at radius 1 is 0.714 bits per heavy atom. The predicted molar refractivity (Wildman–Crippen MR) is 113 cm³/mol. The van der Waals surface area contributed by atoms with Crippen molar-refractivity contribution in [2.24, 2.45) is 0 Å². The second kappa shape index (κ2) is 8.53. The number of aryl methyl sites for hydroxylation is 3. The van der Waals surface area contributed by atoms with Crippen LogP contribution in [0.25, 0.3) is 0 Å². The standard InChI is InChI=1S/C24H24N2O2/c1-16-8-4-5-11-21(16)15-25-23(27)19-12-7-13-20(14-19)24(28)26-22-17(2)9-6-10-18(22)3/h4-14H,15H2,1-3H3,(H,25,27)(H,26,28). The van der Waals surface area contributed by atoms with Gasteiger partial charge in [-0.25, -0.2) is 0 Å². The van der Waals surface area contributed by atoms with E-state index in [0.717, 1.165) is 27.9 Å². The molecule has 3 aromatic rings. The van der Waals surface area contributed by atoms with E-state index in [2.05, 4.69) is 10.6 Å². The fourth-order valence-electron chi connectivity index (χ4n) is 3.08. The molecule has 2 amide bonds. The molecule has 3 rings (SSSR count). The molecular formula is C24H24N2O2. The molecule has 0 bridgehead atoms. The second-order valence-electron chi connectivity index (χ2n) is 6.91. The monoisotopic (exact) mass is 372 g/mol. The number of carbonyl (C=O) groups is 2. The van der Waals surface area contributed by atoms with Gasteiger partial charge in [0.2, 0.25) is 0 Å². The summed E-state index contributed by atoms with van der Waals surface area (Å²) in [5, 5.41) is 5.88. The number of para-hydroxylation sites is 1. The van der Waals surface area contributed by atoms with E-state index >= 15 is 0 Å². The maximum absolute atomic E-state index is 12.7. The Labute approximate surface area is 165 Å². The van der Waals surface area contributed by atoms with Crippen molar-refractivity contribution >= 4 is 17.5 Å². The third-order valence-corrected chi connectivity index (χ3v) is 4.81. The van der Waals surface area contributed by atoms with Gasteiger partial charge < -0.3 is 10.6 Å². The summed E-state index contributed by atoms with van der Waals surface area (Å²) in [6, 6.07) is 20.6. The van der Waals surface area contributed by atoms with Crippen LogP contribution in [0.3, 0.4) is 0 Å². The van der Waals surface area contributed by atoms with E-state index in [9.17, 15) is 9.59 Å². The number of amides is 2. The van der Waals surface area contributed by atoms with Gasteiger partial charge in [-0.15, -0.1) is 0 Å². The van der Waals surface area contributed by atoms with Gasteiger partial charge in [0.1, 0.15) is 0 Å². The van der Waals surface area contributed by atoms with Crippen molar-refractivity contribution in [2.75, 3.05) is 5.32 Å². The van der Waals surface area contributed by atoms with Gasteiger partial charge in [-0.3, -0.25) is 9.59 Å². The molecule has 0 unspecified atom stereocenters. The van der Waals surface area contributed by atoms with Crippen molar-refractivity contribution in [2.45, 2.75) is 27.3 Å². The quantitative estimate of drug-likeness (QED) is 0.676. The van der Waals surface area contributed by atoms with E-state index in [-0.39, 0.29) is 11.8 Å². The van der Waals surface area contributed by atoms with Crippen molar-refractivity contribution < 1.29 is 9.59 Å². The summed E-state index contributed by atoms with van der Waals surface area (Å²) in [6.07, 6.45) is 0. The number of rotatable bonds is 5. The SMILES string of the molecule is Cc1ccccc1CNC(=O)c1cccc(C(=O)Nc2c(C)cccc2C)c1. The molecule has 2 N–H and O–H groups in total. The van der Waals surface area contributed by atoms with E-state index in [1.807, 2.05) is 63.2 Å². The highest BCUT2D eigenvalue weighted by atomic mass is 16.2. The van der Waals surface area contributed by atoms with Gasteiger partial charge in [-0.1, -0.05) is 48.5 Å². The molecule has 0 aliphatic carbocycles. The average molecular weight is 372 g/mol. The molecule has 0 aliphatic rings. The molecule has 0 heterocycles. The van der Waals surface area contributed by atoms with Crippen LogP contribution in [0.15, 0.2) is 66.7 Å². The zero-order valence-corrected chi connectivity index (χ0v) is 16.4. The number of hydrogen-bond donors (Lipinski definition) is 2.